The normalized spacial score (nSPS) is 14.3. The van der Waals surface area contributed by atoms with E-state index >= 15 is 0 Å². The van der Waals surface area contributed by atoms with E-state index in [2.05, 4.69) is 19.1 Å². The largest absolute Gasteiger partial charge is 0.388 e. The predicted octanol–water partition coefficient (Wildman–Crippen LogP) is 5.17. The van der Waals surface area contributed by atoms with Crippen LogP contribution in [0.25, 0.3) is 0 Å². The topological polar surface area (TPSA) is 37.3 Å². The van der Waals surface area contributed by atoms with Crippen LogP contribution in [-0.4, -0.2) is 15.4 Å². The van der Waals surface area contributed by atoms with E-state index < -0.39 is 16.9 Å². The summed E-state index contributed by atoms with van der Waals surface area (Å²) in [7, 11) is -1.31. The Morgan fingerprint density at radius 2 is 1.80 bits per heavy atom. The summed E-state index contributed by atoms with van der Waals surface area (Å²) in [6.07, 6.45) is 5.64. The Morgan fingerprint density at radius 3 is 2.44 bits per heavy atom. The molecule has 0 amide bonds. The molecule has 0 aliphatic heterocycles. The fourth-order valence-corrected chi connectivity index (χ4v) is 3.96. The number of rotatable bonds is 9. The smallest absolute Gasteiger partial charge is 0.0877 e. The Kier molecular flexibility index (Phi) is 8.10. The second kappa shape index (κ2) is 10.3. The first-order valence-electron chi connectivity index (χ1n) is 9.02. The third-order valence-electron chi connectivity index (χ3n) is 4.23. The number of aryl methyl sites for hydroxylation is 2. The summed E-state index contributed by atoms with van der Waals surface area (Å²) in [5.41, 5.74) is 2.33. The zero-order valence-corrected chi connectivity index (χ0v) is 16.0. The van der Waals surface area contributed by atoms with Crippen LogP contribution in [0.1, 0.15) is 43.7 Å². The molecule has 0 aliphatic rings. The molecule has 2 rings (SSSR count). The molecule has 3 heteroatoms. The minimum atomic E-state index is -1.31. The van der Waals surface area contributed by atoms with E-state index in [1.807, 2.05) is 55.5 Å². The molecule has 134 valence electrons. The summed E-state index contributed by atoms with van der Waals surface area (Å²) in [6.45, 7) is 4.15. The average molecular weight is 357 g/mol. The zero-order chi connectivity index (χ0) is 18.1. The van der Waals surface area contributed by atoms with Gasteiger partial charge in [-0.3, -0.25) is 0 Å². The van der Waals surface area contributed by atoms with Gasteiger partial charge in [-0.05, 0) is 43.9 Å². The van der Waals surface area contributed by atoms with Crippen molar-refractivity contribution >= 4 is 10.8 Å². The highest BCUT2D eigenvalue weighted by atomic mass is 32.2. The Labute approximate surface area is 154 Å². The summed E-state index contributed by atoms with van der Waals surface area (Å²) < 4.78 is 13.0. The van der Waals surface area contributed by atoms with E-state index in [0.29, 0.717) is 11.3 Å². The maximum Gasteiger partial charge on any atom is 0.0877 e. The molecule has 25 heavy (non-hydrogen) atoms. The first kappa shape index (κ1) is 19.6. The predicted molar refractivity (Wildman–Crippen MR) is 106 cm³/mol. The van der Waals surface area contributed by atoms with E-state index in [1.54, 1.807) is 0 Å². The lowest BCUT2D eigenvalue weighted by Gasteiger charge is -2.15. The highest BCUT2D eigenvalue weighted by Gasteiger charge is 2.18. The molecule has 0 aliphatic carbocycles. The quantitative estimate of drug-likeness (QED) is 0.629. The van der Waals surface area contributed by atoms with Crippen LogP contribution in [0.5, 0.6) is 0 Å². The van der Waals surface area contributed by atoms with E-state index in [-0.39, 0.29) is 0 Å². The average Bonchev–Trinajstić information content (AvgIpc) is 2.64. The molecule has 2 atom stereocenters. The fraction of sp³-hybridized carbons (Fsp3) is 0.364. The van der Waals surface area contributed by atoms with Crippen molar-refractivity contribution in [2.45, 2.75) is 57.0 Å². The van der Waals surface area contributed by atoms with Crippen molar-refractivity contribution in [2.24, 2.45) is 0 Å². The van der Waals surface area contributed by atoms with Gasteiger partial charge < -0.3 is 5.11 Å². The van der Waals surface area contributed by atoms with Crippen LogP contribution >= 0.6 is 0 Å². The number of benzene rings is 2. The van der Waals surface area contributed by atoms with Gasteiger partial charge in [-0.1, -0.05) is 73.9 Å². The highest BCUT2D eigenvalue weighted by Crippen LogP contribution is 2.22. The third kappa shape index (κ3) is 6.26. The third-order valence-corrected chi connectivity index (χ3v) is 5.80. The number of aliphatic hydroxyl groups excluding tert-OH is 1. The van der Waals surface area contributed by atoms with Crippen molar-refractivity contribution in [3.63, 3.8) is 0 Å². The van der Waals surface area contributed by atoms with Crippen LogP contribution in [-0.2, 0) is 17.2 Å². The van der Waals surface area contributed by atoms with Crippen molar-refractivity contribution < 1.29 is 9.32 Å². The maximum absolute atomic E-state index is 13.0. The second-order valence-corrected chi connectivity index (χ2v) is 7.85. The lowest BCUT2D eigenvalue weighted by atomic mass is 10.1. The Balaban J connectivity index is 2.12. The summed E-state index contributed by atoms with van der Waals surface area (Å²) in [4.78, 5) is 1.40. The number of hydrogen-bond acceptors (Lipinski definition) is 2. The van der Waals surface area contributed by atoms with Crippen LogP contribution in [0.15, 0.2) is 70.5 Å². The minimum Gasteiger partial charge on any atom is -0.388 e. The highest BCUT2D eigenvalue weighted by molar-refractivity contribution is 7.89. The van der Waals surface area contributed by atoms with Crippen LogP contribution in [0, 0.1) is 6.92 Å². The van der Waals surface area contributed by atoms with Gasteiger partial charge in [-0.2, -0.15) is 0 Å². The molecule has 2 aromatic carbocycles. The first-order valence-corrected chi connectivity index (χ1v) is 10.2. The molecular formula is C22H28O2S. The van der Waals surface area contributed by atoms with Gasteiger partial charge in [-0.15, -0.1) is 0 Å². The first-order chi connectivity index (χ1) is 12.1. The summed E-state index contributed by atoms with van der Waals surface area (Å²) in [5.74, 6) is 0. The van der Waals surface area contributed by atoms with Crippen molar-refractivity contribution in [1.29, 1.82) is 0 Å². The molecule has 2 nitrogen and oxygen atoms in total. The Hall–Kier alpha value is -1.71. The molecule has 0 unspecified atom stereocenters. The van der Waals surface area contributed by atoms with Gasteiger partial charge >= 0.3 is 0 Å². The van der Waals surface area contributed by atoms with E-state index in [4.69, 9.17) is 0 Å². The summed E-state index contributed by atoms with van der Waals surface area (Å²) >= 11 is 0. The molecule has 0 bridgehead atoms. The lowest BCUT2D eigenvalue weighted by molar-refractivity contribution is 0.208. The molecule has 0 spiro atoms. The van der Waals surface area contributed by atoms with Crippen molar-refractivity contribution in [3.05, 3.63) is 76.7 Å². The molecule has 0 fully saturated rings. The summed E-state index contributed by atoms with van der Waals surface area (Å²) in [5, 5.41) is 10.7. The van der Waals surface area contributed by atoms with Crippen LogP contribution in [0.4, 0.5) is 0 Å². The van der Waals surface area contributed by atoms with Gasteiger partial charge in [0.2, 0.25) is 0 Å². The van der Waals surface area contributed by atoms with Crippen LogP contribution in [0.3, 0.4) is 0 Å². The molecule has 0 aromatic heterocycles. The second-order valence-electron chi connectivity index (χ2n) is 6.37. The molecule has 0 radical (unpaired) electrons. The summed E-state index contributed by atoms with van der Waals surface area (Å²) in [6, 6.07) is 17.8. The van der Waals surface area contributed by atoms with Crippen molar-refractivity contribution in [3.8, 4) is 0 Å². The molecule has 0 heterocycles. The van der Waals surface area contributed by atoms with Gasteiger partial charge in [0.25, 0.3) is 0 Å². The van der Waals surface area contributed by atoms with E-state index in [1.165, 1.54) is 5.56 Å². The Bertz CT molecular complexity index is 690. The minimum absolute atomic E-state index is 0.583. The van der Waals surface area contributed by atoms with Crippen LogP contribution < -0.4 is 0 Å². The van der Waals surface area contributed by atoms with Gasteiger partial charge in [0, 0.05) is 9.80 Å². The maximum atomic E-state index is 13.0. The standard InChI is InChI=1S/C22H28O2S/c1-3-4-6-11-22(25(24)20-15-12-18(2)13-16-20)21(23)17-14-19-9-7-5-8-10-19/h5,7-13,15-16,21,23H,3-4,6,14,17H2,1-2H3/b22-11+/t21-,25+/m1/s1. The van der Waals surface area contributed by atoms with Gasteiger partial charge in [0.1, 0.15) is 0 Å². The monoisotopic (exact) mass is 356 g/mol. The van der Waals surface area contributed by atoms with Crippen LogP contribution in [0.2, 0.25) is 0 Å². The number of unbranched alkanes of at least 4 members (excludes halogenated alkanes) is 2. The van der Waals surface area contributed by atoms with E-state index in [9.17, 15) is 9.32 Å². The molecule has 0 saturated heterocycles. The molecular weight excluding hydrogens is 328 g/mol. The molecule has 0 saturated carbocycles. The lowest BCUT2D eigenvalue weighted by Crippen LogP contribution is -2.16. The fourth-order valence-electron chi connectivity index (χ4n) is 2.67. The number of allylic oxidation sites excluding steroid dienone is 1. The molecule has 2 aromatic rings. The SMILES string of the molecule is CCCC/C=C(\[C@H](O)CCc1ccccc1)[S@@](=O)c1ccc(C)cc1. The van der Waals surface area contributed by atoms with Gasteiger partial charge in [-0.25, -0.2) is 4.21 Å². The number of aliphatic hydroxyl groups is 1. The van der Waals surface area contributed by atoms with Gasteiger partial charge in [0.15, 0.2) is 0 Å². The van der Waals surface area contributed by atoms with E-state index in [0.717, 1.165) is 36.1 Å². The van der Waals surface area contributed by atoms with Gasteiger partial charge in [0.05, 0.1) is 16.9 Å². The number of hydrogen-bond donors (Lipinski definition) is 1. The Morgan fingerprint density at radius 1 is 1.12 bits per heavy atom. The van der Waals surface area contributed by atoms with Crippen molar-refractivity contribution in [2.75, 3.05) is 0 Å². The molecule has 1 N–H and O–H groups in total. The zero-order valence-electron chi connectivity index (χ0n) is 15.2. The van der Waals surface area contributed by atoms with Crippen molar-refractivity contribution in [1.82, 2.24) is 0 Å².